The molecule has 0 aromatic carbocycles. The lowest BCUT2D eigenvalue weighted by molar-refractivity contribution is -0.125. The molecule has 1 amide bonds. The molecule has 8 nitrogen and oxygen atoms in total. The van der Waals surface area contributed by atoms with Crippen LogP contribution in [0.3, 0.4) is 0 Å². The van der Waals surface area contributed by atoms with E-state index in [4.69, 9.17) is 10.5 Å². The van der Waals surface area contributed by atoms with Crippen LogP contribution in [0.5, 0.6) is 0 Å². The van der Waals surface area contributed by atoms with E-state index in [1.807, 2.05) is 0 Å². The molecule has 0 saturated carbocycles. The normalized spacial score (nSPS) is 21.2. The second kappa shape index (κ2) is 5.11. The summed E-state index contributed by atoms with van der Waals surface area (Å²) in [4.78, 5) is 24.4. The molecule has 2 rings (SSSR count). The number of sulfonamides is 1. The lowest BCUT2D eigenvalue weighted by atomic mass is 10.3. The van der Waals surface area contributed by atoms with Crippen LogP contribution in [-0.4, -0.2) is 49.4 Å². The first kappa shape index (κ1) is 13.7. The number of primary amides is 1. The van der Waals surface area contributed by atoms with E-state index in [1.54, 1.807) is 0 Å². The first-order valence-electron chi connectivity index (χ1n) is 5.50. The molecule has 1 aliphatic heterocycles. The highest BCUT2D eigenvalue weighted by molar-refractivity contribution is 7.89. The Hall–Kier alpha value is -1.71. The van der Waals surface area contributed by atoms with Gasteiger partial charge in [0, 0.05) is 18.8 Å². The Morgan fingerprint density at radius 2 is 2.21 bits per heavy atom. The standard InChI is InChI=1S/C10H13N3O5S/c11-10(15)8-6-18-4-3-13(8)19(16,17)7-1-2-9(14)12-5-7/h1-2,5,8H,3-4,6H2,(H2,11,15)(H,12,14). The Bertz CT molecular complexity index is 618. The number of nitrogens with two attached hydrogens (primary N) is 1. The Morgan fingerprint density at radius 1 is 1.47 bits per heavy atom. The number of hydrogen-bond donors (Lipinski definition) is 2. The van der Waals surface area contributed by atoms with Crippen molar-refractivity contribution in [1.82, 2.24) is 9.29 Å². The minimum absolute atomic E-state index is 0.0368. The van der Waals surface area contributed by atoms with E-state index < -0.39 is 27.5 Å². The van der Waals surface area contributed by atoms with Gasteiger partial charge in [0.05, 0.1) is 18.1 Å². The zero-order chi connectivity index (χ0) is 14.0. The number of H-pyrrole nitrogens is 1. The summed E-state index contributed by atoms with van der Waals surface area (Å²) in [6.07, 6.45) is 1.09. The molecule has 0 spiro atoms. The van der Waals surface area contributed by atoms with Crippen molar-refractivity contribution in [3.63, 3.8) is 0 Å². The number of carbonyl (C=O) groups excluding carboxylic acids is 1. The van der Waals surface area contributed by atoms with Gasteiger partial charge in [0.1, 0.15) is 6.04 Å². The largest absolute Gasteiger partial charge is 0.378 e. The first-order valence-corrected chi connectivity index (χ1v) is 6.94. The molecule has 9 heteroatoms. The predicted molar refractivity (Wildman–Crippen MR) is 64.8 cm³/mol. The first-order chi connectivity index (χ1) is 8.93. The number of ether oxygens (including phenoxy) is 1. The van der Waals surface area contributed by atoms with E-state index >= 15 is 0 Å². The summed E-state index contributed by atoms with van der Waals surface area (Å²) in [5.41, 5.74) is 4.76. The van der Waals surface area contributed by atoms with Gasteiger partial charge in [-0.05, 0) is 6.07 Å². The van der Waals surface area contributed by atoms with E-state index in [-0.39, 0.29) is 24.7 Å². The quantitative estimate of drug-likeness (QED) is 0.682. The van der Waals surface area contributed by atoms with Crippen LogP contribution in [0.1, 0.15) is 0 Å². The molecular formula is C10H13N3O5S. The van der Waals surface area contributed by atoms with Gasteiger partial charge >= 0.3 is 0 Å². The number of nitrogens with zero attached hydrogens (tertiary/aromatic N) is 1. The maximum atomic E-state index is 12.4. The van der Waals surface area contributed by atoms with Crippen molar-refractivity contribution in [2.45, 2.75) is 10.9 Å². The van der Waals surface area contributed by atoms with Gasteiger partial charge in [-0.3, -0.25) is 9.59 Å². The van der Waals surface area contributed by atoms with Crippen molar-refractivity contribution in [3.05, 3.63) is 28.7 Å². The third-order valence-electron chi connectivity index (χ3n) is 2.77. The summed E-state index contributed by atoms with van der Waals surface area (Å²) in [5.74, 6) is -0.771. The Kier molecular flexibility index (Phi) is 3.69. The summed E-state index contributed by atoms with van der Waals surface area (Å²) < 4.78 is 30.8. The molecule has 1 fully saturated rings. The summed E-state index contributed by atoms with van der Waals surface area (Å²) >= 11 is 0. The summed E-state index contributed by atoms with van der Waals surface area (Å²) in [6.45, 7) is 0.152. The molecule has 19 heavy (non-hydrogen) atoms. The van der Waals surface area contributed by atoms with Gasteiger partial charge in [-0.15, -0.1) is 0 Å². The highest BCUT2D eigenvalue weighted by Crippen LogP contribution is 2.19. The average Bonchev–Trinajstić information content (AvgIpc) is 2.39. The Labute approximate surface area is 109 Å². The van der Waals surface area contributed by atoms with Crippen molar-refractivity contribution < 1.29 is 17.9 Å². The number of pyridine rings is 1. The summed E-state index contributed by atoms with van der Waals surface area (Å²) in [7, 11) is -3.89. The SMILES string of the molecule is NC(=O)C1COCCN1S(=O)(=O)c1ccc(=O)[nH]c1. The molecule has 1 aliphatic rings. The number of rotatable bonds is 3. The van der Waals surface area contributed by atoms with Crippen LogP contribution < -0.4 is 11.3 Å². The monoisotopic (exact) mass is 287 g/mol. The van der Waals surface area contributed by atoms with Crippen molar-refractivity contribution >= 4 is 15.9 Å². The smallest absolute Gasteiger partial charge is 0.247 e. The molecule has 3 N–H and O–H groups in total. The number of nitrogens with one attached hydrogen (secondary N) is 1. The average molecular weight is 287 g/mol. The molecule has 1 unspecified atom stereocenters. The lowest BCUT2D eigenvalue weighted by Gasteiger charge is -2.32. The van der Waals surface area contributed by atoms with Gasteiger partial charge in [-0.25, -0.2) is 8.42 Å². The highest BCUT2D eigenvalue weighted by atomic mass is 32.2. The van der Waals surface area contributed by atoms with Gasteiger partial charge in [0.2, 0.25) is 21.5 Å². The number of carbonyl (C=O) groups is 1. The second-order valence-corrected chi connectivity index (χ2v) is 5.89. The summed E-state index contributed by atoms with van der Waals surface area (Å²) in [6, 6.07) is 1.25. The number of amides is 1. The van der Waals surface area contributed by atoms with E-state index in [9.17, 15) is 18.0 Å². The van der Waals surface area contributed by atoms with Crippen LogP contribution in [0.2, 0.25) is 0 Å². The minimum Gasteiger partial charge on any atom is -0.378 e. The fourth-order valence-electron chi connectivity index (χ4n) is 1.79. The van der Waals surface area contributed by atoms with Gasteiger partial charge in [0.15, 0.2) is 0 Å². The number of hydrogen-bond acceptors (Lipinski definition) is 5. The fourth-order valence-corrected chi connectivity index (χ4v) is 3.33. The maximum Gasteiger partial charge on any atom is 0.247 e. The molecule has 2 heterocycles. The van der Waals surface area contributed by atoms with Crippen LogP contribution in [0.15, 0.2) is 28.0 Å². The third-order valence-corrected chi connectivity index (χ3v) is 4.67. The van der Waals surface area contributed by atoms with Gasteiger partial charge in [-0.2, -0.15) is 4.31 Å². The van der Waals surface area contributed by atoms with Crippen molar-refractivity contribution in [2.24, 2.45) is 5.73 Å². The van der Waals surface area contributed by atoms with Crippen LogP contribution in [0, 0.1) is 0 Å². The third kappa shape index (κ3) is 2.67. The van der Waals surface area contributed by atoms with E-state index in [2.05, 4.69) is 4.98 Å². The minimum atomic E-state index is -3.89. The molecule has 1 saturated heterocycles. The van der Waals surface area contributed by atoms with Crippen molar-refractivity contribution in [2.75, 3.05) is 19.8 Å². The van der Waals surface area contributed by atoms with E-state index in [0.717, 1.165) is 16.6 Å². The second-order valence-electron chi connectivity index (χ2n) is 4.00. The molecule has 104 valence electrons. The van der Waals surface area contributed by atoms with Gasteiger partial charge in [0.25, 0.3) is 0 Å². The van der Waals surface area contributed by atoms with Gasteiger partial charge in [-0.1, -0.05) is 0 Å². The zero-order valence-corrected chi connectivity index (χ0v) is 10.7. The lowest BCUT2D eigenvalue weighted by Crippen LogP contribution is -2.54. The molecule has 0 bridgehead atoms. The summed E-state index contributed by atoms with van der Waals surface area (Å²) in [5, 5.41) is 0. The zero-order valence-electron chi connectivity index (χ0n) is 9.90. The molecule has 0 aliphatic carbocycles. The van der Waals surface area contributed by atoms with Gasteiger partial charge < -0.3 is 15.5 Å². The Morgan fingerprint density at radius 3 is 2.79 bits per heavy atom. The molecule has 1 aromatic rings. The van der Waals surface area contributed by atoms with Crippen LogP contribution in [0.25, 0.3) is 0 Å². The molecule has 1 aromatic heterocycles. The van der Waals surface area contributed by atoms with Crippen molar-refractivity contribution in [3.8, 4) is 0 Å². The van der Waals surface area contributed by atoms with Crippen LogP contribution >= 0.6 is 0 Å². The van der Waals surface area contributed by atoms with Crippen molar-refractivity contribution in [1.29, 1.82) is 0 Å². The molecular weight excluding hydrogens is 274 g/mol. The number of aromatic nitrogens is 1. The van der Waals surface area contributed by atoms with Crippen LogP contribution in [0.4, 0.5) is 0 Å². The number of morpholine rings is 1. The topological polar surface area (TPSA) is 123 Å². The molecule has 1 atom stereocenters. The molecule has 0 radical (unpaired) electrons. The number of aromatic amines is 1. The maximum absolute atomic E-state index is 12.4. The van der Waals surface area contributed by atoms with E-state index in [0.29, 0.717) is 0 Å². The highest BCUT2D eigenvalue weighted by Gasteiger charge is 2.37. The predicted octanol–water partition coefficient (Wildman–Crippen LogP) is -1.75. The van der Waals surface area contributed by atoms with Crippen LogP contribution in [-0.2, 0) is 19.6 Å². The fraction of sp³-hybridized carbons (Fsp3) is 0.400. The van der Waals surface area contributed by atoms with E-state index in [1.165, 1.54) is 6.07 Å². The Balaban J connectivity index is 2.39.